The average molecular weight is 401 g/mol. The topological polar surface area (TPSA) is 51.1 Å². The van der Waals surface area contributed by atoms with Crippen LogP contribution >= 0.6 is 23.5 Å². The maximum Gasteiger partial charge on any atom is 0.232 e. The summed E-state index contributed by atoms with van der Waals surface area (Å²) >= 11 is 3.18. The van der Waals surface area contributed by atoms with Gasteiger partial charge in [-0.1, -0.05) is 53.9 Å². The van der Waals surface area contributed by atoms with Crippen LogP contribution in [0.25, 0.3) is 0 Å². The molecule has 0 fully saturated rings. The van der Waals surface area contributed by atoms with E-state index in [1.807, 2.05) is 42.5 Å². The number of rotatable bonds is 4. The number of amides is 1. The molecule has 0 N–H and O–H groups in total. The van der Waals surface area contributed by atoms with Gasteiger partial charge in [0.25, 0.3) is 0 Å². The molecule has 2 aliphatic heterocycles. The number of para-hydroxylation sites is 3. The molecule has 1 amide bonds. The lowest BCUT2D eigenvalue weighted by Crippen LogP contribution is -2.42. The van der Waals surface area contributed by atoms with E-state index in [0.717, 1.165) is 27.3 Å². The Kier molecular flexibility index (Phi) is 5.59. The second kappa shape index (κ2) is 8.27. The number of hydrogen-bond donors (Lipinski definition) is 0. The van der Waals surface area contributed by atoms with Crippen molar-refractivity contribution in [2.24, 2.45) is 4.99 Å². The molecule has 2 aromatic carbocycles. The smallest absolute Gasteiger partial charge is 0.232 e. The summed E-state index contributed by atoms with van der Waals surface area (Å²) in [5.41, 5.74) is 2.25. The number of carbonyl (C=O) groups is 1. The zero-order chi connectivity index (χ0) is 18.6. The fraction of sp³-hybridized carbons (Fsp3) is 0.300. The van der Waals surface area contributed by atoms with E-state index in [4.69, 9.17) is 9.47 Å². The molecule has 0 radical (unpaired) electrons. The summed E-state index contributed by atoms with van der Waals surface area (Å²) in [5, 5.41) is 0. The van der Waals surface area contributed by atoms with Crippen molar-refractivity contribution in [3.8, 4) is 11.5 Å². The molecule has 2 aliphatic rings. The summed E-state index contributed by atoms with van der Waals surface area (Å²) < 4.78 is 12.6. The van der Waals surface area contributed by atoms with Gasteiger partial charge in [-0.2, -0.15) is 0 Å². The monoisotopic (exact) mass is 400 g/mol. The second-order valence-corrected chi connectivity index (χ2v) is 8.54. The molecule has 1 unspecified atom stereocenters. The highest BCUT2D eigenvalue weighted by Crippen LogP contribution is 2.34. The molecule has 7 heteroatoms. The maximum atomic E-state index is 12.5. The maximum absolute atomic E-state index is 12.5. The Labute approximate surface area is 167 Å². The Morgan fingerprint density at radius 1 is 1.22 bits per heavy atom. The molecule has 2 heterocycles. The van der Waals surface area contributed by atoms with E-state index >= 15 is 0 Å². The van der Waals surface area contributed by atoms with Crippen LogP contribution < -0.4 is 9.47 Å². The zero-order valence-electron chi connectivity index (χ0n) is 15.0. The standard InChI is InChI=1S/C20H20N2O3S2/c1-22(10-15-11-24-17-8-4-5-9-18(17)25-15)19(23)13-27-20-21-16-7-3-2-6-14(16)12-26-20/h2-9,15H,10-13H2,1H3. The Morgan fingerprint density at radius 3 is 2.89 bits per heavy atom. The van der Waals surface area contributed by atoms with E-state index in [1.54, 1.807) is 23.7 Å². The number of ether oxygens (including phenoxy) is 2. The molecule has 1 atom stereocenters. The summed E-state index contributed by atoms with van der Waals surface area (Å²) in [5.74, 6) is 2.82. The number of thioether (sulfide) groups is 2. The first-order chi connectivity index (χ1) is 13.2. The molecule has 0 bridgehead atoms. The summed E-state index contributed by atoms with van der Waals surface area (Å²) in [6, 6.07) is 15.7. The molecule has 27 heavy (non-hydrogen) atoms. The lowest BCUT2D eigenvalue weighted by atomic mass is 10.2. The van der Waals surface area contributed by atoms with Gasteiger partial charge in [0.15, 0.2) is 17.6 Å². The summed E-state index contributed by atoms with van der Waals surface area (Å²) in [7, 11) is 1.80. The molecule has 0 spiro atoms. The molecule has 0 aliphatic carbocycles. The molecule has 0 saturated heterocycles. The lowest BCUT2D eigenvalue weighted by molar-refractivity contribution is -0.128. The van der Waals surface area contributed by atoms with Crippen LogP contribution in [0, 0.1) is 0 Å². The zero-order valence-corrected chi connectivity index (χ0v) is 16.6. The SMILES string of the molecule is CN(CC1COc2ccccc2O1)C(=O)CSC1=Nc2ccccc2CS1. The van der Waals surface area contributed by atoms with Crippen molar-refractivity contribution in [1.29, 1.82) is 0 Å². The second-order valence-electron chi connectivity index (χ2n) is 6.36. The summed E-state index contributed by atoms with van der Waals surface area (Å²) in [6.07, 6.45) is -0.160. The van der Waals surface area contributed by atoms with E-state index in [0.29, 0.717) is 18.9 Å². The summed E-state index contributed by atoms with van der Waals surface area (Å²) in [6.45, 7) is 0.942. The van der Waals surface area contributed by atoms with Crippen LogP contribution in [-0.4, -0.2) is 47.2 Å². The highest BCUT2D eigenvalue weighted by Gasteiger charge is 2.24. The number of benzene rings is 2. The molecule has 4 rings (SSSR count). The van der Waals surface area contributed by atoms with Gasteiger partial charge in [0.1, 0.15) is 11.0 Å². The van der Waals surface area contributed by atoms with Gasteiger partial charge >= 0.3 is 0 Å². The lowest BCUT2D eigenvalue weighted by Gasteiger charge is -2.29. The van der Waals surface area contributed by atoms with Gasteiger partial charge in [0, 0.05) is 12.8 Å². The van der Waals surface area contributed by atoms with Crippen molar-refractivity contribution >= 4 is 39.5 Å². The van der Waals surface area contributed by atoms with Crippen LogP contribution in [0.1, 0.15) is 5.56 Å². The number of nitrogens with zero attached hydrogens (tertiary/aromatic N) is 2. The van der Waals surface area contributed by atoms with E-state index in [-0.39, 0.29) is 12.0 Å². The third kappa shape index (κ3) is 4.42. The molecule has 2 aromatic rings. The minimum atomic E-state index is -0.160. The Bertz CT molecular complexity index is 872. The summed E-state index contributed by atoms with van der Waals surface area (Å²) in [4.78, 5) is 18.8. The quantitative estimate of drug-likeness (QED) is 0.778. The van der Waals surface area contributed by atoms with Crippen molar-refractivity contribution in [3.05, 3.63) is 54.1 Å². The molecule has 0 aromatic heterocycles. The normalized spacial score (nSPS) is 17.7. The van der Waals surface area contributed by atoms with Crippen LogP contribution in [0.3, 0.4) is 0 Å². The predicted octanol–water partition coefficient (Wildman–Crippen LogP) is 3.95. The first kappa shape index (κ1) is 18.3. The average Bonchev–Trinajstić information content (AvgIpc) is 2.71. The van der Waals surface area contributed by atoms with Gasteiger partial charge in [0.2, 0.25) is 5.91 Å². The van der Waals surface area contributed by atoms with E-state index < -0.39 is 0 Å². The molecular formula is C20H20N2O3S2. The molecular weight excluding hydrogens is 380 g/mol. The minimum absolute atomic E-state index is 0.0598. The molecule has 5 nitrogen and oxygen atoms in total. The largest absolute Gasteiger partial charge is 0.486 e. The third-order valence-electron chi connectivity index (χ3n) is 4.34. The van der Waals surface area contributed by atoms with Crippen molar-refractivity contribution in [2.75, 3.05) is 26.0 Å². The minimum Gasteiger partial charge on any atom is -0.486 e. The van der Waals surface area contributed by atoms with Crippen LogP contribution in [0.4, 0.5) is 5.69 Å². The van der Waals surface area contributed by atoms with Crippen molar-refractivity contribution in [3.63, 3.8) is 0 Å². The van der Waals surface area contributed by atoms with Crippen molar-refractivity contribution in [2.45, 2.75) is 11.9 Å². The van der Waals surface area contributed by atoms with Crippen LogP contribution in [0.15, 0.2) is 53.5 Å². The predicted molar refractivity (Wildman–Crippen MR) is 111 cm³/mol. The van der Waals surface area contributed by atoms with Crippen LogP contribution in [0.5, 0.6) is 11.5 Å². The van der Waals surface area contributed by atoms with Crippen molar-refractivity contribution in [1.82, 2.24) is 4.90 Å². The van der Waals surface area contributed by atoms with Crippen LogP contribution in [-0.2, 0) is 10.5 Å². The van der Waals surface area contributed by atoms with Gasteiger partial charge in [0.05, 0.1) is 18.0 Å². The first-order valence-electron chi connectivity index (χ1n) is 8.73. The van der Waals surface area contributed by atoms with E-state index in [1.165, 1.54) is 17.3 Å². The number of carbonyl (C=O) groups excluding carboxylic acids is 1. The Hall–Kier alpha value is -2.12. The molecule has 140 valence electrons. The first-order valence-corrected chi connectivity index (χ1v) is 10.7. The Morgan fingerprint density at radius 2 is 2.00 bits per heavy atom. The number of aliphatic imine (C=N–C) groups is 1. The van der Waals surface area contributed by atoms with Crippen LogP contribution in [0.2, 0.25) is 0 Å². The fourth-order valence-electron chi connectivity index (χ4n) is 2.88. The fourth-order valence-corrected chi connectivity index (χ4v) is 4.88. The van der Waals surface area contributed by atoms with Gasteiger partial charge in [-0.05, 0) is 23.8 Å². The van der Waals surface area contributed by atoms with E-state index in [2.05, 4.69) is 11.1 Å². The van der Waals surface area contributed by atoms with E-state index in [9.17, 15) is 4.79 Å². The number of likely N-dealkylation sites (N-methyl/N-ethyl adjacent to an activating group) is 1. The highest BCUT2D eigenvalue weighted by molar-refractivity contribution is 8.38. The Balaban J connectivity index is 1.28. The third-order valence-corrected chi connectivity index (χ3v) is 6.57. The van der Waals surface area contributed by atoms with Gasteiger partial charge < -0.3 is 14.4 Å². The van der Waals surface area contributed by atoms with Gasteiger partial charge in [-0.15, -0.1) is 0 Å². The highest BCUT2D eigenvalue weighted by atomic mass is 32.2. The number of hydrogen-bond acceptors (Lipinski definition) is 6. The van der Waals surface area contributed by atoms with Gasteiger partial charge in [-0.3, -0.25) is 4.79 Å². The molecule has 0 saturated carbocycles. The van der Waals surface area contributed by atoms with Crippen molar-refractivity contribution < 1.29 is 14.3 Å². The van der Waals surface area contributed by atoms with Gasteiger partial charge in [-0.25, -0.2) is 4.99 Å². The number of fused-ring (bicyclic) bond motifs is 2.